The third kappa shape index (κ3) is 3.21. The topological polar surface area (TPSA) is 86.2 Å². The molecule has 0 aromatic carbocycles. The third-order valence-electron chi connectivity index (χ3n) is 5.13. The van der Waals surface area contributed by atoms with Crippen molar-refractivity contribution >= 4 is 10.0 Å². The second-order valence-electron chi connectivity index (χ2n) is 6.94. The Hall–Kier alpha value is -2.39. The summed E-state index contributed by atoms with van der Waals surface area (Å²) in [6.07, 6.45) is 6.10. The molecule has 0 spiro atoms. The molecule has 0 N–H and O–H groups in total. The lowest BCUT2D eigenvalue weighted by atomic mass is 10.2. The lowest BCUT2D eigenvalue weighted by Gasteiger charge is -2.19. The second kappa shape index (κ2) is 6.65. The first kappa shape index (κ1) is 18.0. The molecule has 0 saturated carbocycles. The van der Waals surface area contributed by atoms with Crippen molar-refractivity contribution < 1.29 is 12.8 Å². The lowest BCUT2D eigenvalue weighted by molar-refractivity contribution is 0.352. The van der Waals surface area contributed by atoms with Crippen LogP contribution in [0.15, 0.2) is 34.0 Å². The van der Waals surface area contributed by atoms with Crippen LogP contribution in [0.2, 0.25) is 0 Å². The van der Waals surface area contributed by atoms with Gasteiger partial charge in [0.25, 0.3) is 10.0 Å². The zero-order valence-electron chi connectivity index (χ0n) is 15.7. The molecule has 3 heterocycles. The highest BCUT2D eigenvalue weighted by Crippen LogP contribution is 2.28. The Kier molecular flexibility index (Phi) is 4.43. The van der Waals surface area contributed by atoms with Gasteiger partial charge >= 0.3 is 0 Å². The van der Waals surface area contributed by atoms with Gasteiger partial charge in [0.05, 0.1) is 25.0 Å². The van der Waals surface area contributed by atoms with E-state index in [-0.39, 0.29) is 18.1 Å². The largest absolute Gasteiger partial charge is 0.468 e. The smallest absolute Gasteiger partial charge is 0.262 e. The zero-order chi connectivity index (χ0) is 19.2. The van der Waals surface area contributed by atoms with Gasteiger partial charge in [0, 0.05) is 26.0 Å². The molecular formula is C18H23N5O3S. The molecule has 0 saturated heterocycles. The Morgan fingerprint density at radius 2 is 2.07 bits per heavy atom. The van der Waals surface area contributed by atoms with Gasteiger partial charge in [-0.2, -0.15) is 9.40 Å². The maximum atomic E-state index is 13.3. The first-order valence-corrected chi connectivity index (χ1v) is 10.4. The Bertz CT molecular complexity index is 1040. The molecule has 0 amide bonds. The fourth-order valence-electron chi connectivity index (χ4n) is 3.58. The Morgan fingerprint density at radius 3 is 2.74 bits per heavy atom. The molecule has 0 radical (unpaired) electrons. The number of hydrogen-bond acceptors (Lipinski definition) is 5. The van der Waals surface area contributed by atoms with Crippen LogP contribution < -0.4 is 0 Å². The van der Waals surface area contributed by atoms with Gasteiger partial charge in [0.15, 0.2) is 5.03 Å². The van der Waals surface area contributed by atoms with Gasteiger partial charge in [0.1, 0.15) is 11.6 Å². The summed E-state index contributed by atoms with van der Waals surface area (Å²) in [6, 6.07) is 3.53. The molecule has 0 fully saturated rings. The highest BCUT2D eigenvalue weighted by atomic mass is 32.2. The van der Waals surface area contributed by atoms with E-state index in [1.165, 1.54) is 15.6 Å². The lowest BCUT2D eigenvalue weighted by Crippen LogP contribution is -2.31. The summed E-state index contributed by atoms with van der Waals surface area (Å²) < 4.78 is 37.0. The van der Waals surface area contributed by atoms with Crippen molar-refractivity contribution in [2.24, 2.45) is 14.1 Å². The van der Waals surface area contributed by atoms with Gasteiger partial charge in [-0.3, -0.25) is 4.68 Å². The van der Waals surface area contributed by atoms with Crippen LogP contribution in [0.25, 0.3) is 0 Å². The van der Waals surface area contributed by atoms with Crippen molar-refractivity contribution in [2.75, 3.05) is 0 Å². The SMILES string of the molecule is Cc1nc(S(=O)(=O)N(Cc2ccco2)Cc2nn(C)c3c2CCC3)cn1C. The van der Waals surface area contributed by atoms with Crippen molar-refractivity contribution in [3.63, 3.8) is 0 Å². The van der Waals surface area contributed by atoms with E-state index in [0.717, 1.165) is 25.0 Å². The number of fused-ring (bicyclic) bond motifs is 1. The quantitative estimate of drug-likeness (QED) is 0.643. The number of aryl methyl sites for hydroxylation is 3. The number of nitrogens with zero attached hydrogens (tertiary/aromatic N) is 5. The molecule has 4 rings (SSSR count). The number of sulfonamides is 1. The number of furan rings is 1. The average molecular weight is 389 g/mol. The van der Waals surface area contributed by atoms with Gasteiger partial charge < -0.3 is 8.98 Å². The van der Waals surface area contributed by atoms with E-state index >= 15 is 0 Å². The monoisotopic (exact) mass is 389 g/mol. The summed E-state index contributed by atoms with van der Waals surface area (Å²) in [7, 11) is -0.0937. The van der Waals surface area contributed by atoms with Crippen LogP contribution >= 0.6 is 0 Å². The molecule has 1 aliphatic rings. The van der Waals surface area contributed by atoms with Crippen LogP contribution in [-0.4, -0.2) is 32.1 Å². The molecule has 144 valence electrons. The first-order valence-electron chi connectivity index (χ1n) is 8.92. The molecule has 1 aliphatic carbocycles. The van der Waals surface area contributed by atoms with E-state index in [4.69, 9.17) is 4.42 Å². The first-order chi connectivity index (χ1) is 12.9. The summed E-state index contributed by atoms with van der Waals surface area (Å²) in [6.45, 7) is 2.11. The molecule has 3 aromatic rings. The van der Waals surface area contributed by atoms with Crippen LogP contribution in [0, 0.1) is 6.92 Å². The minimum atomic E-state index is -3.79. The van der Waals surface area contributed by atoms with E-state index in [1.54, 1.807) is 43.1 Å². The zero-order valence-corrected chi connectivity index (χ0v) is 16.5. The summed E-state index contributed by atoms with van der Waals surface area (Å²) in [4.78, 5) is 4.23. The van der Waals surface area contributed by atoms with Gasteiger partial charge in [-0.25, -0.2) is 13.4 Å². The molecule has 8 nitrogen and oxygen atoms in total. The number of rotatable bonds is 6. The van der Waals surface area contributed by atoms with Gasteiger partial charge in [0.2, 0.25) is 0 Å². The van der Waals surface area contributed by atoms with Crippen LogP contribution in [0.3, 0.4) is 0 Å². The minimum Gasteiger partial charge on any atom is -0.468 e. The number of hydrogen-bond donors (Lipinski definition) is 0. The van der Waals surface area contributed by atoms with Gasteiger partial charge in [-0.1, -0.05) is 0 Å². The molecular weight excluding hydrogens is 366 g/mol. The van der Waals surface area contributed by atoms with Crippen molar-refractivity contribution in [2.45, 2.75) is 44.3 Å². The highest BCUT2D eigenvalue weighted by molar-refractivity contribution is 7.89. The van der Waals surface area contributed by atoms with E-state index in [2.05, 4.69) is 10.1 Å². The molecule has 9 heteroatoms. The van der Waals surface area contributed by atoms with Crippen LogP contribution in [0.5, 0.6) is 0 Å². The van der Waals surface area contributed by atoms with Crippen molar-refractivity contribution in [3.8, 4) is 0 Å². The van der Waals surface area contributed by atoms with Gasteiger partial charge in [-0.15, -0.1) is 0 Å². The minimum absolute atomic E-state index is 0.0432. The van der Waals surface area contributed by atoms with Crippen molar-refractivity contribution in [1.82, 2.24) is 23.6 Å². The van der Waals surface area contributed by atoms with E-state index in [0.29, 0.717) is 11.6 Å². The Balaban J connectivity index is 1.72. The third-order valence-corrected chi connectivity index (χ3v) is 6.79. The Morgan fingerprint density at radius 1 is 1.26 bits per heavy atom. The predicted molar refractivity (Wildman–Crippen MR) is 98.3 cm³/mol. The van der Waals surface area contributed by atoms with Crippen LogP contribution in [0.4, 0.5) is 0 Å². The maximum Gasteiger partial charge on any atom is 0.262 e. The molecule has 0 unspecified atom stereocenters. The predicted octanol–water partition coefficient (Wildman–Crippen LogP) is 1.93. The molecule has 3 aromatic heterocycles. The summed E-state index contributed by atoms with van der Waals surface area (Å²) in [5, 5.41) is 4.63. The van der Waals surface area contributed by atoms with E-state index < -0.39 is 10.0 Å². The van der Waals surface area contributed by atoms with Crippen LogP contribution in [-0.2, 0) is 50.0 Å². The second-order valence-corrected chi connectivity index (χ2v) is 8.82. The number of imidazole rings is 1. The van der Waals surface area contributed by atoms with Crippen LogP contribution in [0.1, 0.15) is 35.0 Å². The van der Waals surface area contributed by atoms with Gasteiger partial charge in [-0.05, 0) is 43.9 Å². The molecule has 0 atom stereocenters. The van der Waals surface area contributed by atoms with E-state index in [1.807, 2.05) is 11.7 Å². The Labute approximate surface area is 158 Å². The standard InChI is InChI=1S/C18H23N5O3S/c1-13-19-18(12-21(13)2)27(24,25)23(10-14-6-5-9-26-14)11-16-15-7-4-8-17(15)22(3)20-16/h5-6,9,12H,4,7-8,10-11H2,1-3H3. The fourth-order valence-corrected chi connectivity index (χ4v) is 4.97. The summed E-state index contributed by atoms with van der Waals surface area (Å²) in [5.41, 5.74) is 3.19. The normalized spacial score (nSPS) is 14.2. The molecule has 0 bridgehead atoms. The van der Waals surface area contributed by atoms with E-state index in [9.17, 15) is 8.42 Å². The highest BCUT2D eigenvalue weighted by Gasteiger charge is 2.31. The number of aromatic nitrogens is 4. The molecule has 27 heavy (non-hydrogen) atoms. The summed E-state index contributed by atoms with van der Waals surface area (Å²) in [5.74, 6) is 1.23. The maximum absolute atomic E-state index is 13.3. The van der Waals surface area contributed by atoms with Crippen molar-refractivity contribution in [3.05, 3.63) is 53.1 Å². The summed E-state index contributed by atoms with van der Waals surface area (Å²) >= 11 is 0. The van der Waals surface area contributed by atoms with Crippen molar-refractivity contribution in [1.29, 1.82) is 0 Å². The fraction of sp³-hybridized carbons (Fsp3) is 0.444. The average Bonchev–Trinajstić information content (AvgIpc) is 3.37. The molecule has 0 aliphatic heterocycles.